The second-order valence-corrected chi connectivity index (χ2v) is 7.13. The van der Waals surface area contributed by atoms with Gasteiger partial charge in [0, 0.05) is 55.7 Å². The van der Waals surface area contributed by atoms with Crippen molar-refractivity contribution in [3.8, 4) is 0 Å². The number of aromatic amines is 1. The van der Waals surface area contributed by atoms with E-state index in [4.69, 9.17) is 0 Å². The number of thiophene rings is 1. The Morgan fingerprint density at radius 1 is 1.00 bits per heavy atom. The number of hydrogen-bond donors (Lipinski definition) is 1. The smallest absolute Gasteiger partial charge is 0.328 e. The molecule has 0 radical (unpaired) electrons. The maximum absolute atomic E-state index is 13.0. The molecule has 8 heteroatoms. The molecule has 1 saturated heterocycles. The molecule has 2 aromatic heterocycles. The Morgan fingerprint density at radius 2 is 1.73 bits per heavy atom. The molecular weight excluding hydrogens is 355 g/mol. The van der Waals surface area contributed by atoms with Gasteiger partial charge >= 0.3 is 5.69 Å². The fourth-order valence-corrected chi connectivity index (χ4v) is 4.06. The number of nitrogens with zero attached hydrogens (tertiary/aromatic N) is 3. The van der Waals surface area contributed by atoms with Crippen LogP contribution in [0.1, 0.15) is 0 Å². The number of hydrogen-bond acceptors (Lipinski definition) is 5. The van der Waals surface area contributed by atoms with E-state index in [-0.39, 0.29) is 17.1 Å². The van der Waals surface area contributed by atoms with E-state index in [1.165, 1.54) is 28.0 Å². The first-order chi connectivity index (χ1) is 12.6. The standard InChI is InChI=1S/C18H19FN4O2S/c19-13-1-3-14(4-2-13)22-8-5-21(6-9-22)7-10-23-17(24)15-11-26-12-16(15)20-18(23)25/h1-4,11-12H,5-10H2,(H,20,25). The average molecular weight is 374 g/mol. The molecule has 3 heterocycles. The Morgan fingerprint density at radius 3 is 2.46 bits per heavy atom. The third-order valence-electron chi connectivity index (χ3n) is 4.83. The molecule has 1 aromatic carbocycles. The third kappa shape index (κ3) is 3.30. The van der Waals surface area contributed by atoms with Gasteiger partial charge in [0.05, 0.1) is 10.9 Å². The van der Waals surface area contributed by atoms with E-state index in [0.29, 0.717) is 24.0 Å². The van der Waals surface area contributed by atoms with Gasteiger partial charge in [0.25, 0.3) is 5.56 Å². The second-order valence-electron chi connectivity index (χ2n) is 6.39. The van der Waals surface area contributed by atoms with E-state index in [1.807, 2.05) is 0 Å². The van der Waals surface area contributed by atoms with Gasteiger partial charge in [-0.3, -0.25) is 14.3 Å². The van der Waals surface area contributed by atoms with Crippen LogP contribution in [-0.2, 0) is 6.54 Å². The molecule has 0 bridgehead atoms. The van der Waals surface area contributed by atoms with Crippen LogP contribution in [0.3, 0.4) is 0 Å². The quantitative estimate of drug-likeness (QED) is 0.755. The number of piperazine rings is 1. The molecule has 0 unspecified atom stereocenters. The van der Waals surface area contributed by atoms with Crippen molar-refractivity contribution < 1.29 is 4.39 Å². The highest BCUT2D eigenvalue weighted by atomic mass is 32.1. The highest BCUT2D eigenvalue weighted by Crippen LogP contribution is 2.17. The van der Waals surface area contributed by atoms with Crippen molar-refractivity contribution in [2.75, 3.05) is 37.6 Å². The lowest BCUT2D eigenvalue weighted by Crippen LogP contribution is -2.48. The van der Waals surface area contributed by atoms with Gasteiger partial charge in [0.1, 0.15) is 5.82 Å². The third-order valence-corrected chi connectivity index (χ3v) is 5.57. The first kappa shape index (κ1) is 17.0. The second kappa shape index (κ2) is 7.05. The Bertz CT molecular complexity index is 1020. The minimum Gasteiger partial charge on any atom is -0.369 e. The van der Waals surface area contributed by atoms with Crippen molar-refractivity contribution in [1.29, 1.82) is 0 Å². The highest BCUT2D eigenvalue weighted by molar-refractivity contribution is 7.09. The molecule has 4 rings (SSSR count). The van der Waals surface area contributed by atoms with Crippen LogP contribution in [0.5, 0.6) is 0 Å². The zero-order valence-corrected chi connectivity index (χ0v) is 15.0. The van der Waals surface area contributed by atoms with Gasteiger partial charge in [0.2, 0.25) is 0 Å². The van der Waals surface area contributed by atoms with E-state index < -0.39 is 0 Å². The van der Waals surface area contributed by atoms with Crippen LogP contribution in [0.2, 0.25) is 0 Å². The molecule has 3 aromatic rings. The van der Waals surface area contributed by atoms with E-state index in [2.05, 4.69) is 14.8 Å². The van der Waals surface area contributed by atoms with E-state index in [1.54, 1.807) is 22.9 Å². The largest absolute Gasteiger partial charge is 0.369 e. The van der Waals surface area contributed by atoms with E-state index >= 15 is 0 Å². The number of halogens is 1. The summed E-state index contributed by atoms with van der Waals surface area (Å²) in [5.74, 6) is -0.231. The van der Waals surface area contributed by atoms with Gasteiger partial charge in [-0.25, -0.2) is 9.18 Å². The van der Waals surface area contributed by atoms with Crippen molar-refractivity contribution in [3.05, 3.63) is 61.7 Å². The van der Waals surface area contributed by atoms with Gasteiger partial charge in [-0.1, -0.05) is 0 Å². The Kier molecular flexibility index (Phi) is 4.60. The normalized spacial score (nSPS) is 15.7. The van der Waals surface area contributed by atoms with Gasteiger partial charge in [-0.05, 0) is 24.3 Å². The molecule has 136 valence electrons. The van der Waals surface area contributed by atoms with Crippen molar-refractivity contribution in [3.63, 3.8) is 0 Å². The molecule has 26 heavy (non-hydrogen) atoms. The van der Waals surface area contributed by atoms with Crippen molar-refractivity contribution in [2.24, 2.45) is 0 Å². The van der Waals surface area contributed by atoms with E-state index in [9.17, 15) is 14.0 Å². The van der Waals surface area contributed by atoms with Crippen LogP contribution in [0, 0.1) is 5.82 Å². The summed E-state index contributed by atoms with van der Waals surface area (Å²) in [5, 5.41) is 4.11. The number of H-pyrrole nitrogens is 1. The lowest BCUT2D eigenvalue weighted by molar-refractivity contribution is 0.246. The van der Waals surface area contributed by atoms with Gasteiger partial charge in [0.15, 0.2) is 0 Å². The zero-order valence-electron chi connectivity index (χ0n) is 14.2. The van der Waals surface area contributed by atoms with Crippen LogP contribution in [0.15, 0.2) is 44.6 Å². The molecule has 1 aliphatic rings. The molecule has 6 nitrogen and oxygen atoms in total. The predicted molar refractivity (Wildman–Crippen MR) is 102 cm³/mol. The van der Waals surface area contributed by atoms with Crippen molar-refractivity contribution >= 4 is 27.9 Å². The monoisotopic (exact) mass is 374 g/mol. The fourth-order valence-electron chi connectivity index (χ4n) is 3.31. The zero-order chi connectivity index (χ0) is 18.1. The van der Waals surface area contributed by atoms with Crippen molar-refractivity contribution in [2.45, 2.75) is 6.54 Å². The minimum atomic E-state index is -0.356. The number of fused-ring (bicyclic) bond motifs is 1. The topological polar surface area (TPSA) is 61.3 Å². The first-order valence-electron chi connectivity index (χ1n) is 8.54. The maximum Gasteiger partial charge on any atom is 0.328 e. The summed E-state index contributed by atoms with van der Waals surface area (Å²) >= 11 is 1.41. The lowest BCUT2D eigenvalue weighted by atomic mass is 10.2. The van der Waals surface area contributed by atoms with Gasteiger partial charge < -0.3 is 9.88 Å². The number of nitrogens with one attached hydrogen (secondary N) is 1. The van der Waals surface area contributed by atoms with Crippen LogP contribution < -0.4 is 16.1 Å². The molecule has 0 spiro atoms. The molecule has 1 fully saturated rings. The number of aromatic nitrogens is 2. The van der Waals surface area contributed by atoms with Crippen LogP contribution in [-0.4, -0.2) is 47.2 Å². The molecule has 0 aliphatic carbocycles. The summed E-state index contributed by atoms with van der Waals surface area (Å²) in [6.45, 7) is 4.36. The Hall–Kier alpha value is -2.45. The number of rotatable bonds is 4. The van der Waals surface area contributed by atoms with Crippen molar-refractivity contribution in [1.82, 2.24) is 14.5 Å². The molecule has 1 N–H and O–H groups in total. The average Bonchev–Trinajstić information content (AvgIpc) is 3.11. The molecular formula is C18H19FN4O2S. The van der Waals surface area contributed by atoms with Gasteiger partial charge in [-0.15, -0.1) is 11.3 Å². The van der Waals surface area contributed by atoms with Crippen LogP contribution >= 0.6 is 11.3 Å². The molecule has 0 atom stereocenters. The fraction of sp³-hybridized carbons (Fsp3) is 0.333. The van der Waals surface area contributed by atoms with E-state index in [0.717, 1.165) is 31.9 Å². The summed E-state index contributed by atoms with van der Waals surface area (Å²) in [6, 6.07) is 6.53. The number of benzene rings is 1. The summed E-state index contributed by atoms with van der Waals surface area (Å²) in [4.78, 5) is 31.8. The first-order valence-corrected chi connectivity index (χ1v) is 9.48. The lowest BCUT2D eigenvalue weighted by Gasteiger charge is -2.36. The number of anilines is 1. The SMILES string of the molecule is O=c1[nH]c2cscc2c(=O)n1CCN1CCN(c2ccc(F)cc2)CC1. The summed E-state index contributed by atoms with van der Waals surface area (Å²) in [5.41, 5.74) is 1.04. The minimum absolute atomic E-state index is 0.227. The summed E-state index contributed by atoms with van der Waals surface area (Å²) in [7, 11) is 0. The maximum atomic E-state index is 13.0. The molecule has 0 saturated carbocycles. The summed E-state index contributed by atoms with van der Waals surface area (Å²) < 4.78 is 14.3. The molecule has 1 aliphatic heterocycles. The Balaban J connectivity index is 1.39. The van der Waals surface area contributed by atoms with Crippen LogP contribution in [0.4, 0.5) is 10.1 Å². The summed E-state index contributed by atoms with van der Waals surface area (Å²) in [6.07, 6.45) is 0. The Labute approximate surface area is 153 Å². The molecule has 0 amide bonds. The highest BCUT2D eigenvalue weighted by Gasteiger charge is 2.18. The predicted octanol–water partition coefficient (Wildman–Crippen LogP) is 1.71. The van der Waals surface area contributed by atoms with Gasteiger partial charge in [-0.2, -0.15) is 0 Å². The van der Waals surface area contributed by atoms with Crippen LogP contribution in [0.25, 0.3) is 10.9 Å².